The van der Waals surface area contributed by atoms with Gasteiger partial charge in [0, 0.05) is 17.7 Å². The SMILES string of the molecule is COc1ccc(-c2nn(-c3ccc(C)cc3C)c3c2CCCCN3)cc1. The molecule has 2 aromatic carbocycles. The van der Waals surface area contributed by atoms with Crippen molar-refractivity contribution in [2.24, 2.45) is 0 Å². The highest BCUT2D eigenvalue weighted by molar-refractivity contribution is 5.72. The average Bonchev–Trinajstić information content (AvgIpc) is 2.83. The maximum Gasteiger partial charge on any atom is 0.133 e. The van der Waals surface area contributed by atoms with Gasteiger partial charge in [0.1, 0.15) is 11.6 Å². The third kappa shape index (κ3) is 2.96. The molecule has 0 saturated carbocycles. The van der Waals surface area contributed by atoms with E-state index in [4.69, 9.17) is 9.84 Å². The van der Waals surface area contributed by atoms with Gasteiger partial charge in [0.25, 0.3) is 0 Å². The van der Waals surface area contributed by atoms with E-state index in [0.29, 0.717) is 0 Å². The highest BCUT2D eigenvalue weighted by Gasteiger charge is 2.22. The number of aromatic nitrogens is 2. The minimum absolute atomic E-state index is 0.867. The number of rotatable bonds is 3. The summed E-state index contributed by atoms with van der Waals surface area (Å²) in [7, 11) is 1.69. The lowest BCUT2D eigenvalue weighted by Crippen LogP contribution is -2.08. The number of hydrogen-bond acceptors (Lipinski definition) is 3. The second-order valence-electron chi connectivity index (χ2n) is 6.99. The van der Waals surface area contributed by atoms with E-state index in [9.17, 15) is 0 Å². The molecule has 0 saturated heterocycles. The summed E-state index contributed by atoms with van der Waals surface area (Å²) < 4.78 is 7.39. The minimum Gasteiger partial charge on any atom is -0.497 e. The molecule has 4 nitrogen and oxygen atoms in total. The lowest BCUT2D eigenvalue weighted by atomic mass is 10.0. The summed E-state index contributed by atoms with van der Waals surface area (Å²) in [6.45, 7) is 5.27. The Morgan fingerprint density at radius 3 is 2.58 bits per heavy atom. The Balaban J connectivity index is 1.88. The molecule has 3 aromatic rings. The van der Waals surface area contributed by atoms with Crippen molar-refractivity contribution in [3.05, 3.63) is 59.2 Å². The predicted octanol–water partition coefficient (Wildman–Crippen LogP) is 4.91. The van der Waals surface area contributed by atoms with Crippen LogP contribution >= 0.6 is 0 Å². The number of aryl methyl sites for hydroxylation is 2. The van der Waals surface area contributed by atoms with Gasteiger partial charge in [-0.1, -0.05) is 17.7 Å². The largest absolute Gasteiger partial charge is 0.497 e. The third-order valence-electron chi connectivity index (χ3n) is 5.07. The van der Waals surface area contributed by atoms with Crippen LogP contribution in [0.5, 0.6) is 5.75 Å². The fourth-order valence-corrected chi connectivity index (χ4v) is 3.70. The van der Waals surface area contributed by atoms with Crippen molar-refractivity contribution in [1.29, 1.82) is 0 Å². The summed E-state index contributed by atoms with van der Waals surface area (Å²) >= 11 is 0. The first-order valence-corrected chi connectivity index (χ1v) is 9.25. The van der Waals surface area contributed by atoms with Gasteiger partial charge in [0.05, 0.1) is 18.5 Å². The van der Waals surface area contributed by atoms with Gasteiger partial charge in [0.15, 0.2) is 0 Å². The molecule has 4 rings (SSSR count). The van der Waals surface area contributed by atoms with E-state index in [1.807, 2.05) is 12.1 Å². The molecule has 134 valence electrons. The first-order chi connectivity index (χ1) is 12.7. The number of ether oxygens (including phenoxy) is 1. The molecule has 1 aliphatic heterocycles. The summed E-state index contributed by atoms with van der Waals surface area (Å²) in [5.74, 6) is 2.01. The van der Waals surface area contributed by atoms with Crippen molar-refractivity contribution in [2.45, 2.75) is 33.1 Å². The molecule has 1 aliphatic rings. The molecule has 0 amide bonds. The van der Waals surface area contributed by atoms with Crippen molar-refractivity contribution < 1.29 is 4.74 Å². The van der Waals surface area contributed by atoms with Crippen LogP contribution in [0.25, 0.3) is 16.9 Å². The Kier molecular flexibility index (Phi) is 4.41. The fourth-order valence-electron chi connectivity index (χ4n) is 3.70. The molecule has 0 radical (unpaired) electrons. The second kappa shape index (κ2) is 6.87. The van der Waals surface area contributed by atoms with Crippen LogP contribution in [0.3, 0.4) is 0 Å². The highest BCUT2D eigenvalue weighted by Crippen LogP contribution is 2.35. The van der Waals surface area contributed by atoms with Gasteiger partial charge in [-0.25, -0.2) is 4.68 Å². The lowest BCUT2D eigenvalue weighted by molar-refractivity contribution is 0.415. The molecule has 0 spiro atoms. The number of benzene rings is 2. The molecule has 1 aromatic heterocycles. The number of anilines is 1. The second-order valence-corrected chi connectivity index (χ2v) is 6.99. The Morgan fingerprint density at radius 1 is 1.04 bits per heavy atom. The number of methoxy groups -OCH3 is 1. The Morgan fingerprint density at radius 2 is 1.85 bits per heavy atom. The van der Waals surface area contributed by atoms with Gasteiger partial charge in [0.2, 0.25) is 0 Å². The summed E-state index contributed by atoms with van der Waals surface area (Å²) in [5, 5.41) is 8.66. The third-order valence-corrected chi connectivity index (χ3v) is 5.07. The maximum atomic E-state index is 5.30. The fraction of sp³-hybridized carbons (Fsp3) is 0.318. The van der Waals surface area contributed by atoms with Crippen LogP contribution in [0.2, 0.25) is 0 Å². The van der Waals surface area contributed by atoms with Crippen LogP contribution in [0, 0.1) is 13.8 Å². The van der Waals surface area contributed by atoms with E-state index in [1.165, 1.54) is 29.5 Å². The van der Waals surface area contributed by atoms with Crippen molar-refractivity contribution >= 4 is 5.82 Å². The van der Waals surface area contributed by atoms with E-state index in [0.717, 1.165) is 41.5 Å². The average molecular weight is 347 g/mol. The molecule has 0 bridgehead atoms. The van der Waals surface area contributed by atoms with Crippen LogP contribution in [0.4, 0.5) is 5.82 Å². The molecular formula is C22H25N3O. The molecule has 0 fully saturated rings. The Labute approximate surface area is 154 Å². The van der Waals surface area contributed by atoms with E-state index >= 15 is 0 Å². The first-order valence-electron chi connectivity index (χ1n) is 9.25. The lowest BCUT2D eigenvalue weighted by Gasteiger charge is -2.12. The molecule has 0 atom stereocenters. The van der Waals surface area contributed by atoms with Gasteiger partial charge in [-0.3, -0.25) is 0 Å². The maximum absolute atomic E-state index is 5.30. The van der Waals surface area contributed by atoms with Crippen LogP contribution < -0.4 is 10.1 Å². The molecular weight excluding hydrogens is 322 g/mol. The van der Waals surface area contributed by atoms with Crippen molar-refractivity contribution in [1.82, 2.24) is 9.78 Å². The summed E-state index contributed by atoms with van der Waals surface area (Å²) in [6, 6.07) is 14.7. The normalized spacial score (nSPS) is 13.7. The van der Waals surface area contributed by atoms with Crippen LogP contribution in [-0.2, 0) is 6.42 Å². The van der Waals surface area contributed by atoms with Gasteiger partial charge in [-0.2, -0.15) is 5.10 Å². The number of fused-ring (bicyclic) bond motifs is 1. The summed E-state index contributed by atoms with van der Waals surface area (Å²) in [5.41, 5.74) is 7.16. The quantitative estimate of drug-likeness (QED) is 0.731. The zero-order valence-corrected chi connectivity index (χ0v) is 15.7. The van der Waals surface area contributed by atoms with E-state index in [1.54, 1.807) is 7.11 Å². The number of nitrogens with zero attached hydrogens (tertiary/aromatic N) is 2. The molecule has 0 unspecified atom stereocenters. The standard InChI is InChI=1S/C22H25N3O/c1-15-7-12-20(16(2)14-15)25-22-19(6-4-5-13-23-22)21(24-25)17-8-10-18(26-3)11-9-17/h7-12,14,23H,4-6,13H2,1-3H3. The van der Waals surface area contributed by atoms with E-state index < -0.39 is 0 Å². The van der Waals surface area contributed by atoms with Crippen molar-refractivity contribution in [3.63, 3.8) is 0 Å². The van der Waals surface area contributed by atoms with Gasteiger partial charge in [-0.15, -0.1) is 0 Å². The van der Waals surface area contributed by atoms with Crippen LogP contribution in [0.15, 0.2) is 42.5 Å². The monoisotopic (exact) mass is 347 g/mol. The number of hydrogen-bond donors (Lipinski definition) is 1. The first kappa shape index (κ1) is 16.7. The topological polar surface area (TPSA) is 39.1 Å². The van der Waals surface area contributed by atoms with Crippen molar-refractivity contribution in [2.75, 3.05) is 19.0 Å². The Hall–Kier alpha value is -2.75. The van der Waals surface area contributed by atoms with Crippen molar-refractivity contribution in [3.8, 4) is 22.7 Å². The van der Waals surface area contributed by atoms with E-state index in [2.05, 4.69) is 54.2 Å². The molecule has 2 heterocycles. The van der Waals surface area contributed by atoms with Crippen LogP contribution in [0.1, 0.15) is 29.5 Å². The Bertz CT molecular complexity index is 925. The summed E-state index contributed by atoms with van der Waals surface area (Å²) in [6.07, 6.45) is 3.42. The van der Waals surface area contributed by atoms with E-state index in [-0.39, 0.29) is 0 Å². The van der Waals surface area contributed by atoms with Gasteiger partial charge < -0.3 is 10.1 Å². The van der Waals surface area contributed by atoms with Gasteiger partial charge >= 0.3 is 0 Å². The predicted molar refractivity (Wildman–Crippen MR) is 106 cm³/mol. The molecule has 4 heteroatoms. The zero-order chi connectivity index (χ0) is 18.1. The highest BCUT2D eigenvalue weighted by atomic mass is 16.5. The van der Waals surface area contributed by atoms with Gasteiger partial charge in [-0.05, 0) is 69.0 Å². The zero-order valence-electron chi connectivity index (χ0n) is 15.7. The number of nitrogens with one attached hydrogen (secondary N) is 1. The molecule has 1 N–H and O–H groups in total. The smallest absolute Gasteiger partial charge is 0.133 e. The minimum atomic E-state index is 0.867. The summed E-state index contributed by atoms with van der Waals surface area (Å²) in [4.78, 5) is 0. The van der Waals surface area contributed by atoms with Crippen LogP contribution in [-0.4, -0.2) is 23.4 Å². The molecule has 0 aliphatic carbocycles. The molecule has 26 heavy (non-hydrogen) atoms.